The van der Waals surface area contributed by atoms with Crippen LogP contribution in [-0.4, -0.2) is 24.6 Å². The molecule has 4 heteroatoms. The first-order chi connectivity index (χ1) is 8.08. The van der Waals surface area contributed by atoms with Gasteiger partial charge in [0.25, 0.3) is 0 Å². The van der Waals surface area contributed by atoms with Crippen LogP contribution in [0.3, 0.4) is 0 Å². The molecule has 0 fully saturated rings. The lowest BCUT2D eigenvalue weighted by Crippen LogP contribution is -2.30. The van der Waals surface area contributed by atoms with E-state index in [9.17, 15) is 0 Å². The third-order valence-corrected chi connectivity index (χ3v) is 2.86. The molecule has 0 heterocycles. The molecule has 0 aliphatic carbocycles. The minimum atomic E-state index is 0.304. The van der Waals surface area contributed by atoms with Gasteiger partial charge in [-0.15, -0.1) is 0 Å². The van der Waals surface area contributed by atoms with Gasteiger partial charge < -0.3 is 4.74 Å². The minimum Gasteiger partial charge on any atom is -0.496 e. The second-order valence-electron chi connectivity index (χ2n) is 4.11. The van der Waals surface area contributed by atoms with Crippen molar-refractivity contribution in [3.8, 4) is 11.8 Å². The number of methoxy groups -OCH3 is 1. The minimum absolute atomic E-state index is 0.304. The van der Waals surface area contributed by atoms with Gasteiger partial charge in [-0.1, -0.05) is 11.6 Å². The fraction of sp³-hybridized carbons (Fsp3) is 0.462. The lowest BCUT2D eigenvalue weighted by Gasteiger charge is -2.24. The van der Waals surface area contributed by atoms with Gasteiger partial charge in [0.2, 0.25) is 0 Å². The summed E-state index contributed by atoms with van der Waals surface area (Å²) < 4.78 is 5.29. The van der Waals surface area contributed by atoms with Crippen molar-refractivity contribution in [3.63, 3.8) is 0 Å². The number of ether oxygens (including phenoxy) is 1. The Morgan fingerprint density at radius 3 is 2.71 bits per heavy atom. The van der Waals surface area contributed by atoms with E-state index in [4.69, 9.17) is 21.6 Å². The third kappa shape index (κ3) is 3.92. The Labute approximate surface area is 108 Å². The summed E-state index contributed by atoms with van der Waals surface area (Å²) in [6.45, 7) is 5.19. The van der Waals surface area contributed by atoms with Crippen LogP contribution in [0.15, 0.2) is 18.2 Å². The van der Waals surface area contributed by atoms with Crippen LogP contribution in [0.1, 0.15) is 19.4 Å². The molecule has 0 aliphatic rings. The van der Waals surface area contributed by atoms with Gasteiger partial charge in [0.15, 0.2) is 0 Å². The number of benzene rings is 1. The molecule has 0 saturated heterocycles. The molecule has 0 atom stereocenters. The molecule has 1 rings (SSSR count). The highest BCUT2D eigenvalue weighted by atomic mass is 35.5. The highest BCUT2D eigenvalue weighted by molar-refractivity contribution is 6.30. The average Bonchev–Trinajstić information content (AvgIpc) is 2.28. The molecular weight excluding hydrogens is 236 g/mol. The van der Waals surface area contributed by atoms with E-state index in [-0.39, 0.29) is 0 Å². The van der Waals surface area contributed by atoms with Crippen LogP contribution in [0.5, 0.6) is 5.75 Å². The fourth-order valence-corrected chi connectivity index (χ4v) is 1.80. The highest BCUT2D eigenvalue weighted by Crippen LogP contribution is 2.24. The maximum atomic E-state index is 8.80. The molecule has 17 heavy (non-hydrogen) atoms. The van der Waals surface area contributed by atoms with Gasteiger partial charge in [0.1, 0.15) is 5.75 Å². The maximum absolute atomic E-state index is 8.80. The summed E-state index contributed by atoms with van der Waals surface area (Å²) in [4.78, 5) is 2.06. The van der Waals surface area contributed by atoms with E-state index in [0.717, 1.165) is 11.3 Å². The number of hydrogen-bond acceptors (Lipinski definition) is 3. The summed E-state index contributed by atoms with van der Waals surface area (Å²) in [6.07, 6.45) is 0. The summed E-state index contributed by atoms with van der Waals surface area (Å²) in [6, 6.07) is 8.01. The standard InChI is InChI=1S/C13H17ClN2O/c1-10(2)16(7-6-15)9-11-8-12(14)4-5-13(11)17-3/h4-5,8,10H,7,9H2,1-3H3. The summed E-state index contributed by atoms with van der Waals surface area (Å²) in [5.74, 6) is 0.804. The second-order valence-corrected chi connectivity index (χ2v) is 4.55. The molecule has 0 bridgehead atoms. The molecule has 0 saturated carbocycles. The molecule has 0 aliphatic heterocycles. The van der Waals surface area contributed by atoms with Crippen molar-refractivity contribution < 1.29 is 4.74 Å². The number of rotatable bonds is 5. The molecular formula is C13H17ClN2O. The molecule has 0 N–H and O–H groups in total. The molecule has 3 nitrogen and oxygen atoms in total. The molecule has 0 unspecified atom stereocenters. The van der Waals surface area contributed by atoms with Gasteiger partial charge >= 0.3 is 0 Å². The number of halogens is 1. The van der Waals surface area contributed by atoms with Crippen molar-refractivity contribution in [2.75, 3.05) is 13.7 Å². The van der Waals surface area contributed by atoms with Crippen molar-refractivity contribution >= 4 is 11.6 Å². The van der Waals surface area contributed by atoms with E-state index in [0.29, 0.717) is 24.2 Å². The molecule has 1 aromatic rings. The van der Waals surface area contributed by atoms with E-state index in [1.807, 2.05) is 12.1 Å². The first kappa shape index (κ1) is 13.8. The summed E-state index contributed by atoms with van der Waals surface area (Å²) >= 11 is 5.97. The Balaban J connectivity index is 2.92. The van der Waals surface area contributed by atoms with Crippen molar-refractivity contribution in [2.45, 2.75) is 26.4 Å². The summed E-state index contributed by atoms with van der Waals surface area (Å²) in [7, 11) is 1.64. The zero-order chi connectivity index (χ0) is 12.8. The molecule has 1 aromatic carbocycles. The largest absolute Gasteiger partial charge is 0.496 e. The van der Waals surface area contributed by atoms with Crippen LogP contribution >= 0.6 is 11.6 Å². The van der Waals surface area contributed by atoms with Crippen molar-refractivity contribution in [2.24, 2.45) is 0 Å². The third-order valence-electron chi connectivity index (χ3n) is 2.62. The van der Waals surface area contributed by atoms with E-state index in [1.54, 1.807) is 13.2 Å². The predicted octanol–water partition coefficient (Wildman–Crippen LogP) is 3.08. The van der Waals surface area contributed by atoms with Crippen LogP contribution in [0, 0.1) is 11.3 Å². The van der Waals surface area contributed by atoms with E-state index in [2.05, 4.69) is 24.8 Å². The van der Waals surface area contributed by atoms with Gasteiger partial charge in [-0.2, -0.15) is 5.26 Å². The smallest absolute Gasteiger partial charge is 0.123 e. The van der Waals surface area contributed by atoms with Crippen LogP contribution in [0.25, 0.3) is 0 Å². The fourth-order valence-electron chi connectivity index (χ4n) is 1.60. The van der Waals surface area contributed by atoms with Crippen LogP contribution in [0.4, 0.5) is 0 Å². The molecule has 0 radical (unpaired) electrons. The Morgan fingerprint density at radius 1 is 1.47 bits per heavy atom. The van der Waals surface area contributed by atoms with E-state index >= 15 is 0 Å². The Hall–Kier alpha value is -1.24. The zero-order valence-electron chi connectivity index (χ0n) is 10.4. The summed E-state index contributed by atoms with van der Waals surface area (Å²) in [5.41, 5.74) is 1.00. The van der Waals surface area contributed by atoms with Crippen LogP contribution < -0.4 is 4.74 Å². The number of nitriles is 1. The maximum Gasteiger partial charge on any atom is 0.123 e. The van der Waals surface area contributed by atoms with Gasteiger partial charge in [-0.25, -0.2) is 0 Å². The van der Waals surface area contributed by atoms with Crippen molar-refractivity contribution in [3.05, 3.63) is 28.8 Å². The zero-order valence-corrected chi connectivity index (χ0v) is 11.2. The van der Waals surface area contributed by atoms with Crippen LogP contribution in [-0.2, 0) is 6.54 Å². The first-order valence-electron chi connectivity index (χ1n) is 5.52. The van der Waals surface area contributed by atoms with Gasteiger partial charge in [0, 0.05) is 23.2 Å². The lowest BCUT2D eigenvalue weighted by molar-refractivity contribution is 0.236. The second kappa shape index (κ2) is 6.48. The molecule has 0 aromatic heterocycles. The predicted molar refractivity (Wildman–Crippen MR) is 69.2 cm³/mol. The highest BCUT2D eigenvalue weighted by Gasteiger charge is 2.12. The first-order valence-corrected chi connectivity index (χ1v) is 5.89. The van der Waals surface area contributed by atoms with Gasteiger partial charge in [0.05, 0.1) is 19.7 Å². The molecule has 0 spiro atoms. The number of nitrogens with zero attached hydrogens (tertiary/aromatic N) is 2. The number of hydrogen-bond donors (Lipinski definition) is 0. The van der Waals surface area contributed by atoms with Gasteiger partial charge in [-0.05, 0) is 32.0 Å². The van der Waals surface area contributed by atoms with E-state index in [1.165, 1.54) is 0 Å². The Bertz CT molecular complexity index is 412. The monoisotopic (exact) mass is 252 g/mol. The Morgan fingerprint density at radius 2 is 2.18 bits per heavy atom. The molecule has 92 valence electrons. The molecule has 0 amide bonds. The topological polar surface area (TPSA) is 36.3 Å². The van der Waals surface area contributed by atoms with Gasteiger partial charge in [-0.3, -0.25) is 4.90 Å². The van der Waals surface area contributed by atoms with Crippen molar-refractivity contribution in [1.29, 1.82) is 5.26 Å². The quantitative estimate of drug-likeness (QED) is 0.756. The Kier molecular flexibility index (Phi) is 5.27. The van der Waals surface area contributed by atoms with Crippen molar-refractivity contribution in [1.82, 2.24) is 4.90 Å². The summed E-state index contributed by atoms with van der Waals surface area (Å²) in [5, 5.41) is 9.48. The van der Waals surface area contributed by atoms with E-state index < -0.39 is 0 Å². The SMILES string of the molecule is COc1ccc(Cl)cc1CN(CC#N)C(C)C. The average molecular weight is 253 g/mol. The lowest BCUT2D eigenvalue weighted by atomic mass is 10.1. The van der Waals surface area contributed by atoms with Crippen LogP contribution in [0.2, 0.25) is 5.02 Å². The normalized spacial score (nSPS) is 10.6.